The Morgan fingerprint density at radius 2 is 1.87 bits per heavy atom. The number of carbonyl (C=O) groups is 1. The van der Waals surface area contributed by atoms with Crippen molar-refractivity contribution < 1.29 is 4.79 Å². The van der Waals surface area contributed by atoms with Gasteiger partial charge in [-0.25, -0.2) is 15.1 Å². The first kappa shape index (κ1) is 19.9. The summed E-state index contributed by atoms with van der Waals surface area (Å²) in [6, 6.07) is 17.8. The highest BCUT2D eigenvalue weighted by molar-refractivity contribution is 7.99. The Hall–Kier alpha value is -3.39. The van der Waals surface area contributed by atoms with Gasteiger partial charge in [0.15, 0.2) is 5.16 Å². The number of fused-ring (bicyclic) bond motifs is 1. The average Bonchev–Trinajstić information content (AvgIpc) is 3.24. The quantitative estimate of drug-likeness (QED) is 0.295. The van der Waals surface area contributed by atoms with E-state index in [1.54, 1.807) is 6.21 Å². The molecule has 2 aromatic carbocycles. The number of carbonyl (C=O) groups excluding carboxylic acids is 1. The van der Waals surface area contributed by atoms with Crippen molar-refractivity contribution in [2.24, 2.45) is 12.1 Å². The minimum atomic E-state index is -0.186. The molecule has 0 saturated heterocycles. The van der Waals surface area contributed by atoms with Crippen molar-refractivity contribution in [3.8, 4) is 5.69 Å². The predicted octanol–water partition coefficient (Wildman–Crippen LogP) is 3.62. The van der Waals surface area contributed by atoms with E-state index in [-0.39, 0.29) is 11.7 Å². The zero-order valence-electron chi connectivity index (χ0n) is 17.0. The van der Waals surface area contributed by atoms with Crippen LogP contribution < -0.4 is 5.43 Å². The fraction of sp³-hybridized carbons (Fsp3) is 0.182. The van der Waals surface area contributed by atoms with Gasteiger partial charge < -0.3 is 4.57 Å². The van der Waals surface area contributed by atoms with E-state index in [2.05, 4.69) is 20.6 Å². The van der Waals surface area contributed by atoms with Crippen LogP contribution in [0.4, 0.5) is 0 Å². The number of para-hydroxylation sites is 3. The Morgan fingerprint density at radius 1 is 1.13 bits per heavy atom. The number of amides is 1. The highest BCUT2D eigenvalue weighted by Gasteiger charge is 2.12. The molecule has 7 nitrogen and oxygen atoms in total. The lowest BCUT2D eigenvalue weighted by atomic mass is 10.2. The predicted molar refractivity (Wildman–Crippen MR) is 120 cm³/mol. The zero-order chi connectivity index (χ0) is 21.1. The molecule has 1 amide bonds. The van der Waals surface area contributed by atoms with Crippen LogP contribution in [0.5, 0.6) is 0 Å². The molecule has 30 heavy (non-hydrogen) atoms. The number of hydrogen-bond donors (Lipinski definition) is 1. The van der Waals surface area contributed by atoms with E-state index in [1.807, 2.05) is 84.7 Å². The number of hydrogen-bond acceptors (Lipinski definition) is 5. The van der Waals surface area contributed by atoms with E-state index in [4.69, 9.17) is 0 Å². The molecule has 2 aromatic heterocycles. The maximum Gasteiger partial charge on any atom is 0.250 e. The number of benzene rings is 2. The highest BCUT2D eigenvalue weighted by Crippen LogP contribution is 2.22. The summed E-state index contributed by atoms with van der Waals surface area (Å²) in [5, 5.41) is 9.51. The second kappa shape index (κ2) is 8.54. The van der Waals surface area contributed by atoms with E-state index in [0.717, 1.165) is 38.8 Å². The highest BCUT2D eigenvalue weighted by atomic mass is 32.2. The van der Waals surface area contributed by atoms with Crippen LogP contribution in [-0.4, -0.2) is 37.2 Å². The van der Waals surface area contributed by atoms with Crippen LogP contribution in [0.2, 0.25) is 0 Å². The number of thioether (sulfide) groups is 1. The van der Waals surface area contributed by atoms with Crippen molar-refractivity contribution in [3.05, 3.63) is 71.5 Å². The van der Waals surface area contributed by atoms with E-state index >= 15 is 0 Å². The normalized spacial score (nSPS) is 11.4. The van der Waals surface area contributed by atoms with Crippen molar-refractivity contribution in [2.75, 3.05) is 5.75 Å². The summed E-state index contributed by atoms with van der Waals surface area (Å²) in [7, 11) is 1.95. The number of nitrogens with zero attached hydrogens (tertiary/aromatic N) is 5. The first-order chi connectivity index (χ1) is 14.5. The monoisotopic (exact) mass is 418 g/mol. The van der Waals surface area contributed by atoms with Crippen LogP contribution in [-0.2, 0) is 11.8 Å². The summed E-state index contributed by atoms with van der Waals surface area (Å²) in [5.74, 6) is 0.0458. The smallest absolute Gasteiger partial charge is 0.250 e. The van der Waals surface area contributed by atoms with Gasteiger partial charge in [0.1, 0.15) is 0 Å². The summed E-state index contributed by atoms with van der Waals surface area (Å²) >= 11 is 1.38. The second-order valence-corrected chi connectivity index (χ2v) is 7.80. The van der Waals surface area contributed by atoms with Crippen LogP contribution >= 0.6 is 11.8 Å². The molecule has 0 aliphatic rings. The summed E-state index contributed by atoms with van der Waals surface area (Å²) in [5.41, 5.74) is 8.25. The molecule has 0 spiro atoms. The van der Waals surface area contributed by atoms with Gasteiger partial charge in [0, 0.05) is 12.6 Å². The van der Waals surface area contributed by atoms with Crippen LogP contribution in [0.1, 0.15) is 17.0 Å². The molecular formula is C22H22N6OS. The summed E-state index contributed by atoms with van der Waals surface area (Å²) in [4.78, 5) is 16.8. The van der Waals surface area contributed by atoms with Gasteiger partial charge in [-0.1, -0.05) is 42.1 Å². The van der Waals surface area contributed by atoms with Gasteiger partial charge in [0.05, 0.1) is 40.1 Å². The minimum absolute atomic E-state index is 0.186. The van der Waals surface area contributed by atoms with Crippen molar-refractivity contribution in [1.82, 2.24) is 24.8 Å². The van der Waals surface area contributed by atoms with Crippen molar-refractivity contribution in [3.63, 3.8) is 0 Å². The molecule has 8 heteroatoms. The molecule has 0 unspecified atom stereocenters. The second-order valence-electron chi connectivity index (χ2n) is 6.86. The molecule has 4 rings (SSSR count). The fourth-order valence-electron chi connectivity index (χ4n) is 3.25. The Kier molecular flexibility index (Phi) is 5.67. The van der Waals surface area contributed by atoms with Gasteiger partial charge in [-0.3, -0.25) is 4.79 Å². The van der Waals surface area contributed by atoms with Crippen molar-refractivity contribution in [1.29, 1.82) is 0 Å². The number of aryl methyl sites for hydroxylation is 2. The lowest BCUT2D eigenvalue weighted by molar-refractivity contribution is -0.118. The Bertz CT molecular complexity index is 1230. The lowest BCUT2D eigenvalue weighted by Crippen LogP contribution is -2.20. The average molecular weight is 419 g/mol. The molecular weight excluding hydrogens is 396 g/mol. The first-order valence-electron chi connectivity index (χ1n) is 9.52. The molecule has 0 saturated carbocycles. The summed E-state index contributed by atoms with van der Waals surface area (Å²) < 4.78 is 3.86. The first-order valence-corrected chi connectivity index (χ1v) is 10.5. The third kappa shape index (κ3) is 3.99. The van der Waals surface area contributed by atoms with Crippen LogP contribution in [0.25, 0.3) is 16.7 Å². The Labute approximate surface area is 178 Å². The molecule has 1 N–H and O–H groups in total. The number of aromatic nitrogens is 4. The molecule has 0 atom stereocenters. The van der Waals surface area contributed by atoms with Gasteiger partial charge in [-0.15, -0.1) is 0 Å². The number of rotatable bonds is 6. The van der Waals surface area contributed by atoms with E-state index in [0.29, 0.717) is 0 Å². The fourth-order valence-corrected chi connectivity index (χ4v) is 4.03. The van der Waals surface area contributed by atoms with Crippen molar-refractivity contribution in [2.45, 2.75) is 19.0 Å². The Morgan fingerprint density at radius 3 is 2.63 bits per heavy atom. The number of hydrazone groups is 1. The zero-order valence-corrected chi connectivity index (χ0v) is 17.8. The van der Waals surface area contributed by atoms with E-state index < -0.39 is 0 Å². The van der Waals surface area contributed by atoms with Gasteiger partial charge in [0.2, 0.25) is 0 Å². The van der Waals surface area contributed by atoms with Crippen LogP contribution in [0.15, 0.2) is 64.9 Å². The summed E-state index contributed by atoms with van der Waals surface area (Å²) in [6.07, 6.45) is 1.65. The van der Waals surface area contributed by atoms with Gasteiger partial charge in [0.25, 0.3) is 5.91 Å². The maximum atomic E-state index is 12.2. The van der Waals surface area contributed by atoms with Gasteiger partial charge >= 0.3 is 0 Å². The van der Waals surface area contributed by atoms with Gasteiger partial charge in [-0.2, -0.15) is 10.2 Å². The summed E-state index contributed by atoms with van der Waals surface area (Å²) in [6.45, 7) is 3.91. The molecule has 4 aromatic rings. The SMILES string of the molecule is Cc1nn(-c2ccccc2)c(C)c1/C=N\NC(=O)CSc1nc2ccccc2n1C. The van der Waals surface area contributed by atoms with Crippen LogP contribution in [0.3, 0.4) is 0 Å². The molecule has 0 aliphatic carbocycles. The number of imidazole rings is 1. The topological polar surface area (TPSA) is 77.1 Å². The third-order valence-corrected chi connectivity index (χ3v) is 5.84. The van der Waals surface area contributed by atoms with E-state index in [1.165, 1.54) is 11.8 Å². The maximum absolute atomic E-state index is 12.2. The third-order valence-electron chi connectivity index (χ3n) is 4.81. The molecule has 0 fully saturated rings. The Balaban J connectivity index is 1.39. The minimum Gasteiger partial charge on any atom is -0.322 e. The van der Waals surface area contributed by atoms with E-state index in [9.17, 15) is 4.79 Å². The lowest BCUT2D eigenvalue weighted by Gasteiger charge is -2.03. The van der Waals surface area contributed by atoms with Crippen LogP contribution in [0, 0.1) is 13.8 Å². The standard InChI is InChI=1S/C22H22N6OS/c1-15-18(16(2)28(26-15)17-9-5-4-6-10-17)13-23-25-21(29)14-30-22-24-19-11-7-8-12-20(19)27(22)3/h4-13H,14H2,1-3H3,(H,25,29)/b23-13-. The largest absolute Gasteiger partial charge is 0.322 e. The molecule has 0 bridgehead atoms. The molecule has 0 aliphatic heterocycles. The van der Waals surface area contributed by atoms with Crippen molar-refractivity contribution >= 4 is 34.9 Å². The molecule has 2 heterocycles. The van der Waals surface area contributed by atoms with Gasteiger partial charge in [-0.05, 0) is 38.1 Å². The molecule has 152 valence electrons. The molecule has 0 radical (unpaired) electrons. The number of nitrogens with one attached hydrogen (secondary N) is 1.